The first-order valence-corrected chi connectivity index (χ1v) is 5.89. The lowest BCUT2D eigenvalue weighted by atomic mass is 10.2. The Morgan fingerprint density at radius 2 is 2.11 bits per heavy atom. The average Bonchev–Trinajstić information content (AvgIpc) is 2.36. The number of hydrogen-bond donors (Lipinski definition) is 2. The van der Waals surface area contributed by atoms with Gasteiger partial charge >= 0.3 is 0 Å². The first-order chi connectivity index (χ1) is 8.58. The van der Waals surface area contributed by atoms with Crippen molar-refractivity contribution in [3.05, 3.63) is 23.8 Å². The SMILES string of the molecule is CCOc1cc(C(N)=S)ccc1OCC(=O)NC. The number of ether oxygens (including phenoxy) is 2. The number of carbonyl (C=O) groups excluding carboxylic acids is 1. The van der Waals surface area contributed by atoms with E-state index in [1.165, 1.54) is 0 Å². The summed E-state index contributed by atoms with van der Waals surface area (Å²) >= 11 is 4.89. The Balaban J connectivity index is 2.89. The summed E-state index contributed by atoms with van der Waals surface area (Å²) in [4.78, 5) is 11.4. The van der Waals surface area contributed by atoms with Crippen LogP contribution in [0.1, 0.15) is 12.5 Å². The number of amides is 1. The number of rotatable bonds is 6. The summed E-state index contributed by atoms with van der Waals surface area (Å²) in [6.45, 7) is 2.27. The van der Waals surface area contributed by atoms with Crippen molar-refractivity contribution < 1.29 is 14.3 Å². The van der Waals surface area contributed by atoms with Gasteiger partial charge in [0.25, 0.3) is 5.91 Å². The van der Waals surface area contributed by atoms with Gasteiger partial charge in [-0.25, -0.2) is 0 Å². The average molecular weight is 268 g/mol. The number of hydrogen-bond acceptors (Lipinski definition) is 4. The maximum atomic E-state index is 11.1. The van der Waals surface area contributed by atoms with Crippen molar-refractivity contribution in [3.8, 4) is 11.5 Å². The zero-order valence-electron chi connectivity index (χ0n) is 10.4. The predicted octanol–water partition coefficient (Wildman–Crippen LogP) is 0.844. The molecule has 0 heterocycles. The van der Waals surface area contributed by atoms with Gasteiger partial charge in [-0.2, -0.15) is 0 Å². The van der Waals surface area contributed by atoms with Gasteiger partial charge in [0.15, 0.2) is 18.1 Å². The lowest BCUT2D eigenvalue weighted by molar-refractivity contribution is -0.122. The summed E-state index contributed by atoms with van der Waals surface area (Å²) in [5.41, 5.74) is 6.24. The quantitative estimate of drug-likeness (QED) is 0.748. The molecular weight excluding hydrogens is 252 g/mol. The van der Waals surface area contributed by atoms with Crippen LogP contribution < -0.4 is 20.5 Å². The van der Waals surface area contributed by atoms with E-state index in [0.29, 0.717) is 23.7 Å². The van der Waals surface area contributed by atoms with E-state index in [-0.39, 0.29) is 17.5 Å². The fourth-order valence-corrected chi connectivity index (χ4v) is 1.39. The molecule has 0 aromatic heterocycles. The highest BCUT2D eigenvalue weighted by Gasteiger charge is 2.09. The predicted molar refractivity (Wildman–Crippen MR) is 73.1 cm³/mol. The molecule has 3 N–H and O–H groups in total. The third-order valence-corrected chi connectivity index (χ3v) is 2.40. The molecule has 0 aliphatic heterocycles. The molecule has 0 saturated carbocycles. The van der Waals surface area contributed by atoms with E-state index in [4.69, 9.17) is 27.4 Å². The first-order valence-electron chi connectivity index (χ1n) is 5.48. The van der Waals surface area contributed by atoms with Gasteiger partial charge in [0.2, 0.25) is 0 Å². The third kappa shape index (κ3) is 3.89. The van der Waals surface area contributed by atoms with E-state index in [2.05, 4.69) is 5.32 Å². The molecule has 1 rings (SSSR count). The largest absolute Gasteiger partial charge is 0.490 e. The fourth-order valence-electron chi connectivity index (χ4n) is 1.26. The number of benzene rings is 1. The van der Waals surface area contributed by atoms with E-state index in [9.17, 15) is 4.79 Å². The molecule has 0 aliphatic rings. The lowest BCUT2D eigenvalue weighted by Crippen LogP contribution is -2.25. The van der Waals surface area contributed by atoms with Crippen LogP contribution in [-0.4, -0.2) is 31.2 Å². The van der Waals surface area contributed by atoms with Crippen LogP contribution in [0.15, 0.2) is 18.2 Å². The van der Waals surface area contributed by atoms with Crippen molar-refractivity contribution >= 4 is 23.1 Å². The Bertz CT molecular complexity index is 449. The van der Waals surface area contributed by atoms with Crippen LogP contribution in [0.25, 0.3) is 0 Å². The van der Waals surface area contributed by atoms with Crippen molar-refractivity contribution in [2.45, 2.75) is 6.92 Å². The Kier molecular flexibility index (Phi) is 5.38. The summed E-state index contributed by atoms with van der Waals surface area (Å²) in [7, 11) is 1.55. The molecule has 0 aliphatic carbocycles. The van der Waals surface area contributed by atoms with Crippen molar-refractivity contribution in [2.75, 3.05) is 20.3 Å². The molecule has 18 heavy (non-hydrogen) atoms. The van der Waals surface area contributed by atoms with Crippen LogP contribution in [0.4, 0.5) is 0 Å². The van der Waals surface area contributed by atoms with Crippen molar-refractivity contribution in [2.24, 2.45) is 5.73 Å². The van der Waals surface area contributed by atoms with Gasteiger partial charge in [-0.1, -0.05) is 12.2 Å². The van der Waals surface area contributed by atoms with Crippen molar-refractivity contribution in [3.63, 3.8) is 0 Å². The topological polar surface area (TPSA) is 73.6 Å². The van der Waals surface area contributed by atoms with E-state index < -0.39 is 0 Å². The molecule has 0 fully saturated rings. The van der Waals surface area contributed by atoms with E-state index in [0.717, 1.165) is 0 Å². The molecule has 98 valence electrons. The first kappa shape index (κ1) is 14.2. The second-order valence-electron chi connectivity index (χ2n) is 3.42. The number of likely N-dealkylation sites (N-methyl/N-ethyl adjacent to an activating group) is 1. The van der Waals surface area contributed by atoms with E-state index in [1.807, 2.05) is 6.92 Å². The van der Waals surface area contributed by atoms with Gasteiger partial charge in [-0.15, -0.1) is 0 Å². The number of thiocarbonyl (C=S) groups is 1. The van der Waals surface area contributed by atoms with Crippen LogP contribution in [0, 0.1) is 0 Å². The van der Waals surface area contributed by atoms with Crippen molar-refractivity contribution in [1.29, 1.82) is 0 Å². The summed E-state index contributed by atoms with van der Waals surface area (Å²) in [6.07, 6.45) is 0. The molecule has 0 spiro atoms. The second-order valence-corrected chi connectivity index (χ2v) is 3.86. The molecule has 0 radical (unpaired) electrons. The smallest absolute Gasteiger partial charge is 0.257 e. The van der Waals surface area contributed by atoms with Crippen LogP contribution in [-0.2, 0) is 4.79 Å². The molecular formula is C12H16N2O3S. The van der Waals surface area contributed by atoms with Gasteiger partial charge in [-0.3, -0.25) is 4.79 Å². The Hall–Kier alpha value is -1.82. The van der Waals surface area contributed by atoms with Gasteiger partial charge in [0, 0.05) is 12.6 Å². The fraction of sp³-hybridized carbons (Fsp3) is 0.333. The Morgan fingerprint density at radius 1 is 1.39 bits per heavy atom. The van der Waals surface area contributed by atoms with Crippen LogP contribution >= 0.6 is 12.2 Å². The molecule has 0 unspecified atom stereocenters. The summed E-state index contributed by atoms with van der Waals surface area (Å²) < 4.78 is 10.8. The molecule has 5 nitrogen and oxygen atoms in total. The van der Waals surface area contributed by atoms with Crippen molar-refractivity contribution in [1.82, 2.24) is 5.32 Å². The lowest BCUT2D eigenvalue weighted by Gasteiger charge is -2.12. The summed E-state index contributed by atoms with van der Waals surface area (Å²) in [5, 5.41) is 2.47. The highest BCUT2D eigenvalue weighted by atomic mass is 32.1. The van der Waals surface area contributed by atoms with Crippen LogP contribution in [0.3, 0.4) is 0 Å². The summed E-state index contributed by atoms with van der Waals surface area (Å²) in [6, 6.07) is 5.11. The zero-order chi connectivity index (χ0) is 13.5. The highest BCUT2D eigenvalue weighted by molar-refractivity contribution is 7.80. The van der Waals surface area contributed by atoms with E-state index in [1.54, 1.807) is 25.2 Å². The minimum absolute atomic E-state index is 0.0665. The van der Waals surface area contributed by atoms with Crippen LogP contribution in [0.5, 0.6) is 11.5 Å². The molecule has 0 atom stereocenters. The Morgan fingerprint density at radius 3 is 2.67 bits per heavy atom. The standard InChI is InChI=1S/C12H16N2O3S/c1-3-16-10-6-8(12(13)18)4-5-9(10)17-7-11(15)14-2/h4-6H,3,7H2,1-2H3,(H2,13,18)(H,14,15). The maximum absolute atomic E-state index is 11.1. The number of carbonyl (C=O) groups is 1. The summed E-state index contributed by atoms with van der Waals surface area (Å²) in [5.74, 6) is 0.794. The highest BCUT2D eigenvalue weighted by Crippen LogP contribution is 2.28. The molecule has 0 saturated heterocycles. The molecule has 1 amide bonds. The number of nitrogens with one attached hydrogen (secondary N) is 1. The van der Waals surface area contributed by atoms with Gasteiger partial charge in [-0.05, 0) is 25.1 Å². The normalized spacial score (nSPS) is 9.67. The molecule has 6 heteroatoms. The van der Waals surface area contributed by atoms with Gasteiger partial charge in [0.05, 0.1) is 6.61 Å². The molecule has 1 aromatic carbocycles. The second kappa shape index (κ2) is 6.80. The van der Waals surface area contributed by atoms with Gasteiger partial charge in [0.1, 0.15) is 4.99 Å². The van der Waals surface area contributed by atoms with Crippen LogP contribution in [0.2, 0.25) is 0 Å². The number of nitrogens with two attached hydrogens (primary N) is 1. The minimum atomic E-state index is -0.212. The molecule has 1 aromatic rings. The zero-order valence-corrected chi connectivity index (χ0v) is 11.2. The Labute approximate surface area is 111 Å². The molecule has 0 bridgehead atoms. The minimum Gasteiger partial charge on any atom is -0.490 e. The van der Waals surface area contributed by atoms with Gasteiger partial charge < -0.3 is 20.5 Å². The third-order valence-electron chi connectivity index (χ3n) is 2.17. The van der Waals surface area contributed by atoms with E-state index >= 15 is 0 Å². The maximum Gasteiger partial charge on any atom is 0.257 e. The monoisotopic (exact) mass is 268 g/mol.